The van der Waals surface area contributed by atoms with E-state index < -0.39 is 9.15 Å². The van der Waals surface area contributed by atoms with Crippen LogP contribution in [-0.4, -0.2) is 27.8 Å². The van der Waals surface area contributed by atoms with Gasteiger partial charge in [-0.25, -0.2) is 0 Å². The highest BCUT2D eigenvalue weighted by molar-refractivity contribution is 8.70. The Morgan fingerprint density at radius 3 is 2.56 bits per heavy atom. The van der Waals surface area contributed by atoms with Gasteiger partial charge in [0.25, 0.3) is 0 Å². The third-order valence-corrected chi connectivity index (χ3v) is 4.15. The average Bonchev–Trinajstić information content (AvgIpc) is 2.27. The van der Waals surface area contributed by atoms with Crippen molar-refractivity contribution >= 4 is 31.3 Å². The maximum atomic E-state index is 11.0. The first-order valence-corrected chi connectivity index (χ1v) is 7.73. The Morgan fingerprint density at radius 1 is 1.38 bits per heavy atom. The van der Waals surface area contributed by atoms with Crippen LogP contribution in [0.3, 0.4) is 0 Å². The second-order valence-electron chi connectivity index (χ2n) is 2.95. The van der Waals surface area contributed by atoms with Crippen molar-refractivity contribution < 1.29 is 12.6 Å². The van der Waals surface area contributed by atoms with E-state index in [0.717, 1.165) is 5.69 Å². The summed E-state index contributed by atoms with van der Waals surface area (Å²) >= 11 is 0. The number of nitrogens with two attached hydrogens (primary N) is 1. The summed E-state index contributed by atoms with van der Waals surface area (Å²) in [6.45, 7) is 0.525. The fourth-order valence-corrected chi connectivity index (χ4v) is 1.86. The summed E-state index contributed by atoms with van der Waals surface area (Å²) in [5.74, 6) is 0. The molecular weight excluding hydrogens is 248 g/mol. The van der Waals surface area contributed by atoms with Gasteiger partial charge in [0.05, 0.1) is 6.61 Å². The molecule has 5 nitrogen and oxygen atoms in total. The Bertz CT molecular complexity index is 417. The van der Waals surface area contributed by atoms with Crippen molar-refractivity contribution in [2.24, 2.45) is 0 Å². The van der Waals surface area contributed by atoms with Crippen molar-refractivity contribution in [3.05, 3.63) is 24.3 Å². The number of hydrogen-bond acceptors (Lipinski definition) is 6. The SMILES string of the molecule is CSS(=O)(=O)OCCNc1ccc(N)cc1. The molecule has 0 aliphatic carbocycles. The van der Waals surface area contributed by atoms with Crippen LogP contribution in [0.1, 0.15) is 0 Å². The molecule has 0 fully saturated rings. The Balaban J connectivity index is 2.29. The molecule has 90 valence electrons. The van der Waals surface area contributed by atoms with Crippen molar-refractivity contribution in [2.75, 3.05) is 30.5 Å². The van der Waals surface area contributed by atoms with Gasteiger partial charge in [-0.2, -0.15) is 8.42 Å². The highest BCUT2D eigenvalue weighted by atomic mass is 33.1. The number of nitrogen functional groups attached to an aromatic ring is 1. The van der Waals surface area contributed by atoms with Gasteiger partial charge in [-0.15, -0.1) is 0 Å². The zero-order valence-corrected chi connectivity index (χ0v) is 10.5. The monoisotopic (exact) mass is 262 g/mol. The lowest BCUT2D eigenvalue weighted by Crippen LogP contribution is -2.11. The molecule has 1 aromatic carbocycles. The molecule has 0 bridgehead atoms. The lowest BCUT2D eigenvalue weighted by Gasteiger charge is -2.06. The lowest BCUT2D eigenvalue weighted by atomic mass is 10.3. The Kier molecular flexibility index (Phi) is 4.91. The topological polar surface area (TPSA) is 81.4 Å². The van der Waals surface area contributed by atoms with Crippen LogP contribution in [0.15, 0.2) is 24.3 Å². The van der Waals surface area contributed by atoms with Crippen molar-refractivity contribution in [1.29, 1.82) is 0 Å². The Hall–Kier alpha value is -0.920. The molecule has 0 spiro atoms. The van der Waals surface area contributed by atoms with E-state index in [1.165, 1.54) is 6.26 Å². The van der Waals surface area contributed by atoms with Gasteiger partial charge in [0, 0.05) is 17.9 Å². The van der Waals surface area contributed by atoms with Gasteiger partial charge in [0.15, 0.2) is 0 Å². The molecule has 0 unspecified atom stereocenters. The minimum Gasteiger partial charge on any atom is -0.399 e. The fourth-order valence-electron chi connectivity index (χ4n) is 0.988. The molecule has 0 aliphatic rings. The first-order valence-electron chi connectivity index (χ1n) is 4.58. The molecular formula is C9H14N2O3S2. The summed E-state index contributed by atoms with van der Waals surface area (Å²) in [6.07, 6.45) is 1.46. The second-order valence-corrected chi connectivity index (χ2v) is 6.56. The third kappa shape index (κ3) is 4.73. The zero-order valence-electron chi connectivity index (χ0n) is 8.84. The van der Waals surface area contributed by atoms with Gasteiger partial charge in [-0.1, -0.05) is 0 Å². The summed E-state index contributed by atoms with van der Waals surface area (Å²) in [5, 5.41) is 3.01. The minimum atomic E-state index is -3.42. The van der Waals surface area contributed by atoms with E-state index >= 15 is 0 Å². The third-order valence-electron chi connectivity index (χ3n) is 1.77. The van der Waals surface area contributed by atoms with Gasteiger partial charge < -0.3 is 11.1 Å². The zero-order chi connectivity index (χ0) is 12.0. The quantitative estimate of drug-likeness (QED) is 0.457. The number of hydrogen-bond donors (Lipinski definition) is 2. The van der Waals surface area contributed by atoms with E-state index in [2.05, 4.69) is 9.50 Å². The molecule has 0 atom stereocenters. The van der Waals surface area contributed by atoms with Crippen molar-refractivity contribution in [3.63, 3.8) is 0 Å². The molecule has 0 heterocycles. The van der Waals surface area contributed by atoms with Crippen LogP contribution in [-0.2, 0) is 13.3 Å². The van der Waals surface area contributed by atoms with Crippen LogP contribution in [0.2, 0.25) is 0 Å². The molecule has 0 aromatic heterocycles. The van der Waals surface area contributed by atoms with E-state index in [1.54, 1.807) is 12.1 Å². The van der Waals surface area contributed by atoms with E-state index in [-0.39, 0.29) is 6.61 Å². The lowest BCUT2D eigenvalue weighted by molar-refractivity contribution is 0.343. The summed E-state index contributed by atoms with van der Waals surface area (Å²) < 4.78 is 26.6. The largest absolute Gasteiger partial charge is 0.399 e. The minimum absolute atomic E-state index is 0.105. The first kappa shape index (κ1) is 13.1. The van der Waals surface area contributed by atoms with Crippen LogP contribution in [0.4, 0.5) is 11.4 Å². The maximum absolute atomic E-state index is 11.0. The van der Waals surface area contributed by atoms with Gasteiger partial charge in [-0.05, 0) is 41.3 Å². The van der Waals surface area contributed by atoms with Crippen LogP contribution in [0.5, 0.6) is 0 Å². The predicted molar refractivity (Wildman–Crippen MR) is 67.7 cm³/mol. The van der Waals surface area contributed by atoms with Crippen LogP contribution < -0.4 is 11.1 Å². The summed E-state index contributed by atoms with van der Waals surface area (Å²) in [5.41, 5.74) is 7.08. The molecule has 7 heteroatoms. The molecule has 1 aromatic rings. The van der Waals surface area contributed by atoms with E-state index in [4.69, 9.17) is 5.73 Å². The smallest absolute Gasteiger partial charge is 0.321 e. The molecule has 0 saturated heterocycles. The molecule has 0 saturated carbocycles. The molecule has 3 N–H and O–H groups in total. The Morgan fingerprint density at radius 2 is 2.00 bits per heavy atom. The molecule has 0 aliphatic heterocycles. The fraction of sp³-hybridized carbons (Fsp3) is 0.333. The summed E-state index contributed by atoms with van der Waals surface area (Å²) in [4.78, 5) is 0. The highest BCUT2D eigenvalue weighted by Gasteiger charge is 2.06. The highest BCUT2D eigenvalue weighted by Crippen LogP contribution is 2.11. The number of nitrogens with one attached hydrogen (secondary N) is 1. The summed E-state index contributed by atoms with van der Waals surface area (Å²) in [7, 11) is -2.74. The van der Waals surface area contributed by atoms with Gasteiger partial charge in [0.2, 0.25) is 0 Å². The summed E-state index contributed by atoms with van der Waals surface area (Å²) in [6, 6.07) is 7.17. The van der Waals surface area contributed by atoms with Gasteiger partial charge in [-0.3, -0.25) is 4.18 Å². The van der Waals surface area contributed by atoms with Crippen molar-refractivity contribution in [2.45, 2.75) is 0 Å². The van der Waals surface area contributed by atoms with Gasteiger partial charge in [0.1, 0.15) is 0 Å². The maximum Gasteiger partial charge on any atom is 0.321 e. The van der Waals surface area contributed by atoms with Crippen molar-refractivity contribution in [3.8, 4) is 0 Å². The molecule has 1 rings (SSSR count). The molecule has 0 amide bonds. The Labute approximate surface area is 98.9 Å². The predicted octanol–water partition coefficient (Wildman–Crippen LogP) is 1.31. The van der Waals surface area contributed by atoms with Crippen molar-refractivity contribution in [1.82, 2.24) is 0 Å². The van der Waals surface area contributed by atoms with Crippen LogP contribution in [0.25, 0.3) is 0 Å². The van der Waals surface area contributed by atoms with Crippen LogP contribution >= 0.6 is 10.8 Å². The first-order chi connectivity index (χ1) is 7.53. The second kappa shape index (κ2) is 5.97. The number of benzene rings is 1. The van der Waals surface area contributed by atoms with E-state index in [1.807, 2.05) is 12.1 Å². The van der Waals surface area contributed by atoms with Gasteiger partial charge >= 0.3 is 9.15 Å². The normalized spacial score (nSPS) is 11.3. The number of rotatable bonds is 6. The molecule has 0 radical (unpaired) electrons. The van der Waals surface area contributed by atoms with E-state index in [9.17, 15) is 8.42 Å². The average molecular weight is 262 g/mol. The van der Waals surface area contributed by atoms with E-state index in [0.29, 0.717) is 23.0 Å². The molecule has 16 heavy (non-hydrogen) atoms. The van der Waals surface area contributed by atoms with Crippen LogP contribution in [0, 0.1) is 0 Å². The standard InChI is InChI=1S/C9H14N2O3S2/c1-15-16(12,13)14-7-6-11-9-4-2-8(10)3-5-9/h2-5,11H,6-7,10H2,1H3. The number of anilines is 2.